The molecule has 11 heteroatoms. The van der Waals surface area contributed by atoms with E-state index in [1.165, 1.54) is 43.5 Å². The lowest BCUT2D eigenvalue weighted by molar-refractivity contribution is -0.132. The number of amides is 3. The number of methoxy groups -OCH3 is 1. The highest BCUT2D eigenvalue weighted by atomic mass is 32.2. The van der Waals surface area contributed by atoms with E-state index in [-0.39, 0.29) is 35.8 Å². The molecule has 182 valence electrons. The van der Waals surface area contributed by atoms with Crippen molar-refractivity contribution in [2.24, 2.45) is 0 Å². The first-order valence-corrected chi connectivity index (χ1v) is 12.4. The Bertz CT molecular complexity index is 1150. The summed E-state index contributed by atoms with van der Waals surface area (Å²) in [5.41, 5.74) is -1.03. The average molecular weight is 492 g/mol. The van der Waals surface area contributed by atoms with Gasteiger partial charge in [0.2, 0.25) is 10.0 Å². The molecule has 1 saturated heterocycles. The molecular weight excluding hydrogens is 465 g/mol. The van der Waals surface area contributed by atoms with Crippen molar-refractivity contribution in [1.82, 2.24) is 14.9 Å². The van der Waals surface area contributed by atoms with Gasteiger partial charge in [-0.25, -0.2) is 22.3 Å². The summed E-state index contributed by atoms with van der Waals surface area (Å²) in [6.07, 6.45) is 1.45. The summed E-state index contributed by atoms with van der Waals surface area (Å²) < 4.78 is 51.6. The van der Waals surface area contributed by atoms with Gasteiger partial charge < -0.3 is 14.8 Å². The van der Waals surface area contributed by atoms with Crippen LogP contribution >= 0.6 is 0 Å². The maximum atomic E-state index is 13.0. The zero-order valence-corrected chi connectivity index (χ0v) is 19.4. The number of ether oxygens (including phenoxy) is 2. The topological polar surface area (TPSA) is 114 Å². The first kappa shape index (κ1) is 24.0. The molecule has 2 aliphatic rings. The number of halogens is 1. The molecule has 1 aliphatic heterocycles. The minimum atomic E-state index is -3.72. The fraction of sp³-hybridized carbons (Fsp3) is 0.391. The van der Waals surface area contributed by atoms with Crippen LogP contribution in [0.15, 0.2) is 53.4 Å². The van der Waals surface area contributed by atoms with Gasteiger partial charge in [-0.05, 0) is 74.2 Å². The molecule has 2 fully saturated rings. The number of carbonyl (C=O) groups excluding carboxylic acids is 2. The van der Waals surface area contributed by atoms with Crippen LogP contribution in [-0.2, 0) is 14.8 Å². The maximum Gasteiger partial charge on any atom is 0.325 e. The molecule has 0 unspecified atom stereocenters. The van der Waals surface area contributed by atoms with Crippen LogP contribution in [0.4, 0.5) is 9.18 Å². The van der Waals surface area contributed by atoms with E-state index in [4.69, 9.17) is 9.47 Å². The largest absolute Gasteiger partial charge is 0.497 e. The highest BCUT2D eigenvalue weighted by molar-refractivity contribution is 7.89. The summed E-state index contributed by atoms with van der Waals surface area (Å²) in [4.78, 5) is 26.7. The van der Waals surface area contributed by atoms with Gasteiger partial charge in [-0.1, -0.05) is 0 Å². The zero-order valence-electron chi connectivity index (χ0n) is 18.6. The van der Waals surface area contributed by atoms with Crippen molar-refractivity contribution in [2.45, 2.75) is 42.2 Å². The third-order valence-corrected chi connectivity index (χ3v) is 7.71. The molecule has 2 aromatic carbocycles. The van der Waals surface area contributed by atoms with E-state index in [1.54, 1.807) is 12.1 Å². The van der Waals surface area contributed by atoms with Crippen LogP contribution in [0.25, 0.3) is 0 Å². The predicted molar refractivity (Wildman–Crippen MR) is 120 cm³/mol. The number of hydrogen-bond donors (Lipinski definition) is 2. The highest BCUT2D eigenvalue weighted by Gasteiger charge is 2.52. The molecule has 2 aromatic rings. The summed E-state index contributed by atoms with van der Waals surface area (Å²) >= 11 is 0. The molecular formula is C23H26FN3O6S. The van der Waals surface area contributed by atoms with Crippen LogP contribution in [0.5, 0.6) is 11.5 Å². The van der Waals surface area contributed by atoms with Crippen molar-refractivity contribution in [3.8, 4) is 11.5 Å². The number of hydrogen-bond acceptors (Lipinski definition) is 6. The van der Waals surface area contributed by atoms with E-state index in [1.807, 2.05) is 0 Å². The minimum Gasteiger partial charge on any atom is -0.497 e. The third kappa shape index (κ3) is 5.00. The van der Waals surface area contributed by atoms with Gasteiger partial charge >= 0.3 is 6.03 Å². The number of sulfonamides is 1. The van der Waals surface area contributed by atoms with Crippen molar-refractivity contribution in [3.05, 3.63) is 54.3 Å². The average Bonchev–Trinajstić information content (AvgIpc) is 3.06. The Morgan fingerprint density at radius 1 is 1.06 bits per heavy atom. The SMILES string of the molecule is COc1ccc(S(=O)(=O)NC2CCC3(CC2)NC(=O)N(CCOc2ccc(F)cc2)C3=O)cc1. The molecule has 0 bridgehead atoms. The molecule has 1 saturated carbocycles. The van der Waals surface area contributed by atoms with Crippen molar-refractivity contribution in [2.75, 3.05) is 20.3 Å². The van der Waals surface area contributed by atoms with E-state index >= 15 is 0 Å². The number of rotatable bonds is 8. The molecule has 0 aromatic heterocycles. The summed E-state index contributed by atoms with van der Waals surface area (Å²) in [6, 6.07) is 10.7. The minimum absolute atomic E-state index is 0.0529. The van der Waals surface area contributed by atoms with E-state index in [0.29, 0.717) is 37.2 Å². The van der Waals surface area contributed by atoms with Crippen LogP contribution < -0.4 is 19.5 Å². The Labute approximate surface area is 197 Å². The van der Waals surface area contributed by atoms with Crippen molar-refractivity contribution in [1.29, 1.82) is 0 Å². The lowest BCUT2D eigenvalue weighted by Crippen LogP contribution is -2.52. The van der Waals surface area contributed by atoms with Crippen LogP contribution in [0, 0.1) is 5.82 Å². The summed E-state index contributed by atoms with van der Waals surface area (Å²) in [5, 5.41) is 2.79. The second kappa shape index (κ2) is 9.59. The molecule has 1 spiro atoms. The maximum absolute atomic E-state index is 13.0. The fourth-order valence-electron chi connectivity index (χ4n) is 4.27. The lowest BCUT2D eigenvalue weighted by Gasteiger charge is -2.35. The van der Waals surface area contributed by atoms with Crippen molar-refractivity contribution < 1.29 is 31.9 Å². The Morgan fingerprint density at radius 3 is 2.29 bits per heavy atom. The number of benzene rings is 2. The van der Waals surface area contributed by atoms with Crippen molar-refractivity contribution in [3.63, 3.8) is 0 Å². The number of urea groups is 1. The van der Waals surface area contributed by atoms with E-state index in [0.717, 1.165) is 4.90 Å². The Balaban J connectivity index is 1.31. The van der Waals surface area contributed by atoms with Crippen LogP contribution in [0.2, 0.25) is 0 Å². The molecule has 9 nitrogen and oxygen atoms in total. The second-order valence-electron chi connectivity index (χ2n) is 8.34. The Hall–Kier alpha value is -3.18. The van der Waals surface area contributed by atoms with Gasteiger partial charge in [0.15, 0.2) is 0 Å². The summed E-state index contributed by atoms with van der Waals surface area (Å²) in [5.74, 6) is 0.274. The van der Waals surface area contributed by atoms with Crippen LogP contribution in [-0.4, -0.2) is 57.1 Å². The molecule has 0 radical (unpaired) electrons. The van der Waals surface area contributed by atoms with Gasteiger partial charge in [0, 0.05) is 6.04 Å². The number of carbonyl (C=O) groups is 2. The van der Waals surface area contributed by atoms with Gasteiger partial charge in [0.05, 0.1) is 18.6 Å². The zero-order chi connectivity index (χ0) is 24.3. The molecule has 0 atom stereocenters. The standard InChI is InChI=1S/C23H26FN3O6S/c1-32-18-6-8-20(9-7-18)34(30,31)26-17-10-12-23(13-11-17)21(28)27(22(29)25-23)14-15-33-19-4-2-16(24)3-5-19/h2-9,17,26H,10-15H2,1H3,(H,25,29). The smallest absolute Gasteiger partial charge is 0.325 e. The fourth-order valence-corrected chi connectivity index (χ4v) is 5.58. The highest BCUT2D eigenvalue weighted by Crippen LogP contribution is 2.34. The van der Waals surface area contributed by atoms with Gasteiger partial charge in [-0.3, -0.25) is 9.69 Å². The molecule has 2 N–H and O–H groups in total. The van der Waals surface area contributed by atoms with E-state index in [2.05, 4.69) is 10.0 Å². The number of imide groups is 1. The first-order valence-electron chi connectivity index (χ1n) is 10.9. The van der Waals surface area contributed by atoms with Crippen LogP contribution in [0.3, 0.4) is 0 Å². The van der Waals surface area contributed by atoms with Crippen molar-refractivity contribution >= 4 is 22.0 Å². The second-order valence-corrected chi connectivity index (χ2v) is 10.1. The van der Waals surface area contributed by atoms with Crippen LogP contribution in [0.1, 0.15) is 25.7 Å². The van der Waals surface area contributed by atoms with Gasteiger partial charge in [-0.15, -0.1) is 0 Å². The summed E-state index contributed by atoms with van der Waals surface area (Å²) in [7, 11) is -2.22. The molecule has 4 rings (SSSR count). The molecule has 1 heterocycles. The van der Waals surface area contributed by atoms with Gasteiger partial charge in [-0.2, -0.15) is 0 Å². The van der Waals surface area contributed by atoms with Gasteiger partial charge in [0.25, 0.3) is 5.91 Å². The number of nitrogens with zero attached hydrogens (tertiary/aromatic N) is 1. The molecule has 1 aliphatic carbocycles. The molecule has 3 amide bonds. The number of nitrogens with one attached hydrogen (secondary N) is 2. The lowest BCUT2D eigenvalue weighted by atomic mass is 9.79. The van der Waals surface area contributed by atoms with E-state index < -0.39 is 21.6 Å². The normalized spacial score (nSPS) is 22.6. The molecule has 34 heavy (non-hydrogen) atoms. The third-order valence-electron chi connectivity index (χ3n) is 6.17. The predicted octanol–water partition coefficient (Wildman–Crippen LogP) is 2.42. The van der Waals surface area contributed by atoms with Gasteiger partial charge in [0.1, 0.15) is 29.5 Å². The quantitative estimate of drug-likeness (QED) is 0.549. The monoisotopic (exact) mass is 491 g/mol. The Kier molecular flexibility index (Phi) is 6.76. The first-order chi connectivity index (χ1) is 16.2. The Morgan fingerprint density at radius 2 is 1.68 bits per heavy atom. The van der Waals surface area contributed by atoms with E-state index in [9.17, 15) is 22.4 Å². The summed E-state index contributed by atoms with van der Waals surface area (Å²) in [6.45, 7) is 0.127.